The van der Waals surface area contributed by atoms with E-state index >= 15 is 0 Å². The van der Waals surface area contributed by atoms with Crippen LogP contribution in [0.15, 0.2) is 36.4 Å². The lowest BCUT2D eigenvalue weighted by Gasteiger charge is -2.12. The molecule has 0 amide bonds. The lowest BCUT2D eigenvalue weighted by molar-refractivity contribution is -0.136. The molecule has 0 unspecified atom stereocenters. The van der Waals surface area contributed by atoms with Gasteiger partial charge in [-0.05, 0) is 35.9 Å². The molecule has 4 nitrogen and oxygen atoms in total. The zero-order valence-corrected chi connectivity index (χ0v) is 11.0. The topological polar surface area (TPSA) is 66.8 Å². The first-order valence-electron chi connectivity index (χ1n) is 6.52. The van der Waals surface area contributed by atoms with Crippen LogP contribution in [0.1, 0.15) is 22.8 Å². The average molecular weight is 288 g/mol. The highest BCUT2D eigenvalue weighted by Crippen LogP contribution is 2.38. The van der Waals surface area contributed by atoms with E-state index in [-0.39, 0.29) is 18.7 Å². The van der Waals surface area contributed by atoms with Crippen LogP contribution < -0.4 is 4.74 Å². The Hall–Kier alpha value is -2.40. The van der Waals surface area contributed by atoms with Crippen LogP contribution in [-0.2, 0) is 17.6 Å². The molecule has 3 rings (SSSR count). The Labute approximate surface area is 120 Å². The molecule has 1 aliphatic heterocycles. The maximum atomic E-state index is 13.3. The predicted octanol–water partition coefficient (Wildman–Crippen LogP) is 2.83. The minimum absolute atomic E-state index is 0.123. The monoisotopic (exact) mass is 288 g/mol. The summed E-state index contributed by atoms with van der Waals surface area (Å²) in [6, 6.07) is 9.06. The summed E-state index contributed by atoms with van der Waals surface area (Å²) in [6.45, 7) is 0. The van der Waals surface area contributed by atoms with Crippen molar-refractivity contribution in [3.05, 3.63) is 58.9 Å². The average Bonchev–Trinajstić information content (AvgIpc) is 2.54. The molecule has 1 heterocycles. The highest BCUT2D eigenvalue weighted by molar-refractivity contribution is 5.70. The van der Waals surface area contributed by atoms with Gasteiger partial charge in [0, 0.05) is 17.5 Å². The number of hydrogen-bond donors (Lipinski definition) is 2. The molecule has 0 saturated heterocycles. The van der Waals surface area contributed by atoms with E-state index in [4.69, 9.17) is 9.84 Å². The van der Waals surface area contributed by atoms with E-state index in [0.717, 1.165) is 0 Å². The Kier molecular flexibility index (Phi) is 3.35. The molecule has 2 aromatic rings. The molecule has 0 spiro atoms. The molecule has 1 aliphatic rings. The number of benzene rings is 2. The van der Waals surface area contributed by atoms with Crippen LogP contribution >= 0.6 is 0 Å². The molecule has 108 valence electrons. The number of halogens is 1. The Morgan fingerprint density at radius 3 is 2.76 bits per heavy atom. The van der Waals surface area contributed by atoms with Gasteiger partial charge in [0.1, 0.15) is 17.3 Å². The van der Waals surface area contributed by atoms with Crippen molar-refractivity contribution in [3.63, 3.8) is 0 Å². The standard InChI is InChI=1S/C16H13FO4/c17-11-2-4-14-10(7-11)8-13(18)12-5-9(6-16(19)20)1-3-15(12)21-14/h1-5,7,13,18H,6,8H2,(H,19,20)/t13-/m0/s1. The number of carboxylic acids is 1. The van der Waals surface area contributed by atoms with Crippen LogP contribution in [0, 0.1) is 5.82 Å². The minimum Gasteiger partial charge on any atom is -0.481 e. The molecular weight excluding hydrogens is 275 g/mol. The van der Waals surface area contributed by atoms with E-state index in [2.05, 4.69) is 0 Å². The Bertz CT molecular complexity index is 711. The highest BCUT2D eigenvalue weighted by atomic mass is 19.1. The van der Waals surface area contributed by atoms with Gasteiger partial charge in [-0.3, -0.25) is 4.79 Å². The van der Waals surface area contributed by atoms with Gasteiger partial charge in [-0.15, -0.1) is 0 Å². The van der Waals surface area contributed by atoms with Crippen LogP contribution in [0.2, 0.25) is 0 Å². The maximum Gasteiger partial charge on any atom is 0.307 e. The van der Waals surface area contributed by atoms with Crippen molar-refractivity contribution in [2.45, 2.75) is 18.9 Å². The number of carboxylic acid groups (broad SMARTS) is 1. The van der Waals surface area contributed by atoms with Crippen LogP contribution in [-0.4, -0.2) is 16.2 Å². The third kappa shape index (κ3) is 2.73. The largest absolute Gasteiger partial charge is 0.481 e. The minimum atomic E-state index is -0.940. The second-order valence-corrected chi connectivity index (χ2v) is 5.02. The molecule has 0 aliphatic carbocycles. The fraction of sp³-hybridized carbons (Fsp3) is 0.188. The number of aliphatic hydroxyl groups is 1. The van der Waals surface area contributed by atoms with Crippen LogP contribution in [0.4, 0.5) is 4.39 Å². The lowest BCUT2D eigenvalue weighted by atomic mass is 9.99. The Balaban J connectivity index is 2.02. The van der Waals surface area contributed by atoms with Crippen LogP contribution in [0.25, 0.3) is 0 Å². The van der Waals surface area contributed by atoms with Gasteiger partial charge >= 0.3 is 5.97 Å². The summed E-state index contributed by atoms with van der Waals surface area (Å²) in [4.78, 5) is 10.8. The summed E-state index contributed by atoms with van der Waals surface area (Å²) in [7, 11) is 0. The van der Waals surface area contributed by atoms with Crippen LogP contribution in [0.5, 0.6) is 11.5 Å². The van der Waals surface area contributed by atoms with Gasteiger partial charge in [0.15, 0.2) is 0 Å². The SMILES string of the molecule is O=C(O)Cc1ccc2c(c1)[C@@H](O)Cc1cc(F)ccc1O2. The first-order chi connectivity index (χ1) is 10.0. The van der Waals surface area contributed by atoms with E-state index in [0.29, 0.717) is 28.2 Å². The molecule has 2 N–H and O–H groups in total. The van der Waals surface area contributed by atoms with E-state index in [9.17, 15) is 14.3 Å². The molecule has 21 heavy (non-hydrogen) atoms. The fourth-order valence-electron chi connectivity index (χ4n) is 2.48. The van der Waals surface area contributed by atoms with Crippen molar-refractivity contribution in [1.82, 2.24) is 0 Å². The molecule has 0 fully saturated rings. The van der Waals surface area contributed by atoms with Crippen molar-refractivity contribution in [3.8, 4) is 11.5 Å². The number of aliphatic hydroxyl groups excluding tert-OH is 1. The van der Waals surface area contributed by atoms with E-state index in [1.54, 1.807) is 18.2 Å². The molecule has 5 heteroatoms. The summed E-state index contributed by atoms with van der Waals surface area (Å²) in [6.07, 6.45) is -0.769. The second kappa shape index (κ2) is 5.18. The third-order valence-corrected chi connectivity index (χ3v) is 3.44. The number of aliphatic carboxylic acids is 1. The Morgan fingerprint density at radius 1 is 1.24 bits per heavy atom. The molecule has 2 aromatic carbocycles. The normalized spacial score (nSPS) is 16.4. The van der Waals surface area contributed by atoms with E-state index in [1.165, 1.54) is 18.2 Å². The third-order valence-electron chi connectivity index (χ3n) is 3.44. The number of hydrogen-bond acceptors (Lipinski definition) is 3. The van der Waals surface area contributed by atoms with Gasteiger partial charge in [-0.25, -0.2) is 4.39 Å². The summed E-state index contributed by atoms with van der Waals surface area (Å²) < 4.78 is 19.0. The van der Waals surface area contributed by atoms with Crippen molar-refractivity contribution in [2.24, 2.45) is 0 Å². The van der Waals surface area contributed by atoms with Gasteiger partial charge in [-0.2, -0.15) is 0 Å². The molecule has 0 saturated carbocycles. The molecule has 0 aromatic heterocycles. The van der Waals surface area contributed by atoms with Gasteiger partial charge in [0.2, 0.25) is 0 Å². The predicted molar refractivity (Wildman–Crippen MR) is 72.9 cm³/mol. The summed E-state index contributed by atoms with van der Waals surface area (Å²) >= 11 is 0. The first-order valence-corrected chi connectivity index (χ1v) is 6.52. The van der Waals surface area contributed by atoms with Crippen molar-refractivity contribution < 1.29 is 24.1 Å². The van der Waals surface area contributed by atoms with Crippen LogP contribution in [0.3, 0.4) is 0 Å². The molecule has 0 bridgehead atoms. The zero-order chi connectivity index (χ0) is 15.0. The number of ether oxygens (including phenoxy) is 1. The molecular formula is C16H13FO4. The summed E-state index contributed by atoms with van der Waals surface area (Å²) in [5.74, 6) is -0.367. The van der Waals surface area contributed by atoms with Crippen molar-refractivity contribution >= 4 is 5.97 Å². The lowest BCUT2D eigenvalue weighted by Crippen LogP contribution is -2.04. The van der Waals surface area contributed by atoms with Gasteiger partial charge < -0.3 is 14.9 Å². The number of carbonyl (C=O) groups is 1. The maximum absolute atomic E-state index is 13.3. The first kappa shape index (κ1) is 13.6. The quantitative estimate of drug-likeness (QED) is 0.891. The van der Waals surface area contributed by atoms with Crippen molar-refractivity contribution in [1.29, 1.82) is 0 Å². The number of fused-ring (bicyclic) bond motifs is 2. The molecule has 1 atom stereocenters. The Morgan fingerprint density at radius 2 is 2.00 bits per heavy atom. The highest BCUT2D eigenvalue weighted by Gasteiger charge is 2.22. The summed E-state index contributed by atoms with van der Waals surface area (Å²) in [5, 5.41) is 19.1. The smallest absolute Gasteiger partial charge is 0.307 e. The van der Waals surface area contributed by atoms with E-state index < -0.39 is 12.1 Å². The van der Waals surface area contributed by atoms with E-state index in [1.807, 2.05) is 0 Å². The van der Waals surface area contributed by atoms with Crippen molar-refractivity contribution in [2.75, 3.05) is 0 Å². The van der Waals surface area contributed by atoms with Gasteiger partial charge in [-0.1, -0.05) is 6.07 Å². The fourth-order valence-corrected chi connectivity index (χ4v) is 2.48. The number of rotatable bonds is 2. The summed E-state index contributed by atoms with van der Waals surface area (Å²) in [5.41, 5.74) is 1.69. The molecule has 0 radical (unpaired) electrons. The van der Waals surface area contributed by atoms with Gasteiger partial charge in [0.25, 0.3) is 0 Å². The zero-order valence-electron chi connectivity index (χ0n) is 11.0. The second-order valence-electron chi connectivity index (χ2n) is 5.02. The van der Waals surface area contributed by atoms with Gasteiger partial charge in [0.05, 0.1) is 12.5 Å².